The zero-order chi connectivity index (χ0) is 21.5. The molecule has 4 rings (SSSR count). The molecule has 0 aromatic heterocycles. The van der Waals surface area contributed by atoms with E-state index in [1.165, 1.54) is 59.6 Å². The maximum Gasteiger partial charge on any atom is 0.118 e. The lowest BCUT2D eigenvalue weighted by Gasteiger charge is -2.17. The summed E-state index contributed by atoms with van der Waals surface area (Å²) < 4.78 is 5.36. The number of benzene rings is 3. The van der Waals surface area contributed by atoms with Crippen LogP contribution in [-0.2, 0) is 0 Å². The van der Waals surface area contributed by atoms with Crippen LogP contribution in [0.1, 0.15) is 36.5 Å². The Morgan fingerprint density at radius 1 is 0.839 bits per heavy atom. The Kier molecular flexibility index (Phi) is 7.06. The molecule has 1 aliphatic heterocycles. The minimum Gasteiger partial charge on any atom is -0.497 e. The monoisotopic (exact) mass is 412 g/mol. The Hall–Kier alpha value is -3.04. The molecule has 0 radical (unpaired) electrons. The predicted molar refractivity (Wildman–Crippen MR) is 132 cm³/mol. The van der Waals surface area contributed by atoms with E-state index in [9.17, 15) is 0 Å². The highest BCUT2D eigenvalue weighted by Gasteiger charge is 2.15. The molecule has 0 saturated carbocycles. The Balaban J connectivity index is 1.63. The standard InChI is InChI=1S/C28H32N2O/c1-3-27(22-12-16-26(31-2)17-13-22)28(23-8-5-4-6-9-23)24-10-14-25(15-11-24)29-18-7-19-30-20-21-30/h4-6,8-17,29H,3,7,18-21H2,1-2H3. The topological polar surface area (TPSA) is 24.3 Å². The number of rotatable bonds is 10. The molecule has 1 N–H and O–H groups in total. The molecule has 0 bridgehead atoms. The SMILES string of the molecule is CCC(=C(c1ccccc1)c1ccc(NCCCN2CC2)cc1)c1ccc(OC)cc1. The van der Waals surface area contributed by atoms with Crippen molar-refractivity contribution >= 4 is 16.8 Å². The highest BCUT2D eigenvalue weighted by molar-refractivity contribution is 5.98. The minimum atomic E-state index is 0.884. The molecule has 1 saturated heterocycles. The molecular formula is C28H32N2O. The van der Waals surface area contributed by atoms with Crippen molar-refractivity contribution in [3.63, 3.8) is 0 Å². The van der Waals surface area contributed by atoms with Gasteiger partial charge in [0.15, 0.2) is 0 Å². The van der Waals surface area contributed by atoms with Crippen molar-refractivity contribution < 1.29 is 4.74 Å². The van der Waals surface area contributed by atoms with Crippen molar-refractivity contribution in [3.05, 3.63) is 95.6 Å². The van der Waals surface area contributed by atoms with Gasteiger partial charge < -0.3 is 15.0 Å². The molecule has 31 heavy (non-hydrogen) atoms. The molecular weight excluding hydrogens is 380 g/mol. The number of hydrogen-bond acceptors (Lipinski definition) is 3. The second kappa shape index (κ2) is 10.3. The first-order valence-corrected chi connectivity index (χ1v) is 11.3. The lowest BCUT2D eigenvalue weighted by molar-refractivity contribution is 0.415. The van der Waals surface area contributed by atoms with E-state index in [-0.39, 0.29) is 0 Å². The fourth-order valence-corrected chi connectivity index (χ4v) is 4.02. The molecule has 1 fully saturated rings. The van der Waals surface area contributed by atoms with Crippen LogP contribution in [0.2, 0.25) is 0 Å². The van der Waals surface area contributed by atoms with Crippen LogP contribution in [0.3, 0.4) is 0 Å². The second-order valence-corrected chi connectivity index (χ2v) is 8.00. The quantitative estimate of drug-likeness (QED) is 0.244. The second-order valence-electron chi connectivity index (χ2n) is 8.00. The summed E-state index contributed by atoms with van der Waals surface area (Å²) in [7, 11) is 1.71. The van der Waals surface area contributed by atoms with Crippen LogP contribution in [0.5, 0.6) is 5.75 Å². The van der Waals surface area contributed by atoms with Crippen LogP contribution < -0.4 is 10.1 Å². The number of ether oxygens (including phenoxy) is 1. The average Bonchev–Trinajstić information content (AvgIpc) is 3.66. The molecule has 0 unspecified atom stereocenters. The van der Waals surface area contributed by atoms with Gasteiger partial charge in [-0.25, -0.2) is 0 Å². The highest BCUT2D eigenvalue weighted by atomic mass is 16.5. The lowest BCUT2D eigenvalue weighted by atomic mass is 9.88. The van der Waals surface area contributed by atoms with E-state index < -0.39 is 0 Å². The minimum absolute atomic E-state index is 0.884. The number of nitrogens with one attached hydrogen (secondary N) is 1. The van der Waals surface area contributed by atoms with Crippen molar-refractivity contribution in [2.24, 2.45) is 0 Å². The maximum atomic E-state index is 5.36. The van der Waals surface area contributed by atoms with Crippen LogP contribution >= 0.6 is 0 Å². The van der Waals surface area contributed by atoms with Crippen LogP contribution in [0.25, 0.3) is 11.1 Å². The zero-order valence-electron chi connectivity index (χ0n) is 18.6. The summed E-state index contributed by atoms with van der Waals surface area (Å²) in [4.78, 5) is 2.47. The van der Waals surface area contributed by atoms with E-state index in [1.807, 2.05) is 12.1 Å². The summed E-state index contributed by atoms with van der Waals surface area (Å²) >= 11 is 0. The number of nitrogens with zero attached hydrogens (tertiary/aromatic N) is 1. The van der Waals surface area contributed by atoms with E-state index in [0.29, 0.717) is 0 Å². The average molecular weight is 413 g/mol. The third kappa shape index (κ3) is 5.56. The number of methoxy groups -OCH3 is 1. The molecule has 3 heteroatoms. The summed E-state index contributed by atoms with van der Waals surface area (Å²) in [5.41, 5.74) is 7.54. The molecule has 0 atom stereocenters. The lowest BCUT2D eigenvalue weighted by Crippen LogP contribution is -2.08. The molecule has 0 amide bonds. The van der Waals surface area contributed by atoms with Gasteiger partial charge in [0, 0.05) is 25.3 Å². The van der Waals surface area contributed by atoms with E-state index in [4.69, 9.17) is 4.74 Å². The van der Waals surface area contributed by atoms with Gasteiger partial charge in [-0.3, -0.25) is 0 Å². The Bertz CT molecular complexity index is 987. The van der Waals surface area contributed by atoms with Crippen LogP contribution in [0.4, 0.5) is 5.69 Å². The van der Waals surface area contributed by atoms with Gasteiger partial charge in [-0.1, -0.05) is 61.5 Å². The molecule has 1 heterocycles. The number of allylic oxidation sites excluding steroid dienone is 1. The fourth-order valence-electron chi connectivity index (χ4n) is 4.02. The fraction of sp³-hybridized carbons (Fsp3) is 0.286. The van der Waals surface area contributed by atoms with Gasteiger partial charge in [0.05, 0.1) is 7.11 Å². The first kappa shape index (κ1) is 21.2. The molecule has 3 aromatic carbocycles. The molecule has 0 aliphatic carbocycles. The zero-order valence-corrected chi connectivity index (χ0v) is 18.6. The predicted octanol–water partition coefficient (Wildman–Crippen LogP) is 6.18. The Labute approximate surface area is 186 Å². The van der Waals surface area contributed by atoms with E-state index in [0.717, 1.165) is 18.7 Å². The number of hydrogen-bond donors (Lipinski definition) is 1. The number of anilines is 1. The summed E-state index contributed by atoms with van der Waals surface area (Å²) in [6.45, 7) is 7.00. The van der Waals surface area contributed by atoms with Crippen molar-refractivity contribution in [1.82, 2.24) is 4.90 Å². The van der Waals surface area contributed by atoms with Crippen LogP contribution in [0.15, 0.2) is 78.9 Å². The first-order chi connectivity index (χ1) is 15.3. The molecule has 0 spiro atoms. The largest absolute Gasteiger partial charge is 0.497 e. The Morgan fingerprint density at radius 2 is 1.48 bits per heavy atom. The maximum absolute atomic E-state index is 5.36. The van der Waals surface area contributed by atoms with Crippen LogP contribution in [-0.4, -0.2) is 38.2 Å². The van der Waals surface area contributed by atoms with E-state index in [2.05, 4.69) is 83.9 Å². The summed E-state index contributed by atoms with van der Waals surface area (Å²) in [5, 5.41) is 3.56. The van der Waals surface area contributed by atoms with Crippen molar-refractivity contribution in [3.8, 4) is 5.75 Å². The third-order valence-electron chi connectivity index (χ3n) is 5.85. The molecule has 1 aliphatic rings. The summed E-state index contributed by atoms with van der Waals surface area (Å²) in [6.07, 6.45) is 2.14. The van der Waals surface area contributed by atoms with E-state index >= 15 is 0 Å². The highest BCUT2D eigenvalue weighted by Crippen LogP contribution is 2.35. The van der Waals surface area contributed by atoms with Crippen molar-refractivity contribution in [2.75, 3.05) is 38.6 Å². The normalized spacial score (nSPS) is 14.1. The van der Waals surface area contributed by atoms with Gasteiger partial charge in [-0.2, -0.15) is 0 Å². The van der Waals surface area contributed by atoms with Gasteiger partial charge in [-0.15, -0.1) is 0 Å². The van der Waals surface area contributed by atoms with Crippen molar-refractivity contribution in [2.45, 2.75) is 19.8 Å². The van der Waals surface area contributed by atoms with Gasteiger partial charge >= 0.3 is 0 Å². The summed E-state index contributed by atoms with van der Waals surface area (Å²) in [6, 6.07) is 28.0. The molecule has 160 valence electrons. The van der Waals surface area contributed by atoms with Gasteiger partial charge in [0.2, 0.25) is 0 Å². The van der Waals surface area contributed by atoms with Gasteiger partial charge in [0.1, 0.15) is 5.75 Å². The third-order valence-corrected chi connectivity index (χ3v) is 5.85. The van der Waals surface area contributed by atoms with Gasteiger partial charge in [-0.05, 0) is 71.5 Å². The smallest absolute Gasteiger partial charge is 0.118 e. The Morgan fingerprint density at radius 3 is 2.10 bits per heavy atom. The van der Waals surface area contributed by atoms with Gasteiger partial charge in [0.25, 0.3) is 0 Å². The molecule has 3 aromatic rings. The van der Waals surface area contributed by atoms with Crippen LogP contribution in [0, 0.1) is 0 Å². The molecule has 3 nitrogen and oxygen atoms in total. The first-order valence-electron chi connectivity index (χ1n) is 11.3. The summed E-state index contributed by atoms with van der Waals surface area (Å²) in [5.74, 6) is 0.884. The van der Waals surface area contributed by atoms with E-state index in [1.54, 1.807) is 7.11 Å². The van der Waals surface area contributed by atoms with Crippen molar-refractivity contribution in [1.29, 1.82) is 0 Å².